The first-order chi connectivity index (χ1) is 6.77. The number of rotatable bonds is 3. The van der Waals surface area contributed by atoms with Crippen molar-refractivity contribution < 1.29 is 9.18 Å². The van der Waals surface area contributed by atoms with E-state index in [1.807, 2.05) is 0 Å². The number of benzene rings is 1. The number of carbonyl (C=O) groups is 1. The van der Waals surface area contributed by atoms with Crippen molar-refractivity contribution in [2.75, 3.05) is 0 Å². The minimum Gasteiger partial charge on any atom is -0.299 e. The third kappa shape index (κ3) is 2.43. The lowest BCUT2D eigenvalue weighted by molar-refractivity contribution is -0.104. The van der Waals surface area contributed by atoms with Gasteiger partial charge in [0.2, 0.25) is 0 Å². The second-order valence-corrected chi connectivity index (χ2v) is 2.38. The maximum absolute atomic E-state index is 12.5. The van der Waals surface area contributed by atoms with Gasteiger partial charge >= 0.3 is 0 Å². The van der Waals surface area contributed by atoms with Crippen LogP contribution in [0.4, 0.5) is 4.39 Å². The first-order valence-corrected chi connectivity index (χ1v) is 3.74. The Morgan fingerprint density at radius 3 is 2.57 bits per heavy atom. The van der Waals surface area contributed by atoms with Crippen molar-refractivity contribution in [3.8, 4) is 0 Å². The second-order valence-electron chi connectivity index (χ2n) is 2.38. The highest BCUT2D eigenvalue weighted by Crippen LogP contribution is 2.15. The first-order valence-electron chi connectivity index (χ1n) is 3.74. The zero-order valence-corrected chi connectivity index (χ0v) is 7.09. The predicted octanol–water partition coefficient (Wildman–Crippen LogP) is 2.68. The number of azide groups is 1. The summed E-state index contributed by atoms with van der Waals surface area (Å²) >= 11 is 0. The van der Waals surface area contributed by atoms with Gasteiger partial charge in [0.05, 0.1) is 0 Å². The van der Waals surface area contributed by atoms with E-state index in [0.717, 1.165) is 6.08 Å². The lowest BCUT2D eigenvalue weighted by atomic mass is 10.1. The van der Waals surface area contributed by atoms with Crippen molar-refractivity contribution >= 4 is 12.0 Å². The molecule has 1 aromatic carbocycles. The summed E-state index contributed by atoms with van der Waals surface area (Å²) in [5.74, 6) is -0.389. The third-order valence-electron chi connectivity index (χ3n) is 1.52. The van der Waals surface area contributed by atoms with E-state index in [2.05, 4.69) is 10.0 Å². The lowest BCUT2D eigenvalue weighted by Gasteiger charge is -1.98. The van der Waals surface area contributed by atoms with Crippen LogP contribution in [0, 0.1) is 5.82 Å². The van der Waals surface area contributed by atoms with Crippen molar-refractivity contribution in [2.24, 2.45) is 5.11 Å². The van der Waals surface area contributed by atoms with E-state index in [1.54, 1.807) is 0 Å². The van der Waals surface area contributed by atoms with Gasteiger partial charge in [0, 0.05) is 10.6 Å². The lowest BCUT2D eigenvalue weighted by Crippen LogP contribution is -1.81. The Morgan fingerprint density at radius 2 is 2.07 bits per heavy atom. The minimum atomic E-state index is -0.389. The second kappa shape index (κ2) is 4.79. The molecule has 0 amide bonds. The molecule has 70 valence electrons. The highest BCUT2D eigenvalue weighted by atomic mass is 19.1. The Kier molecular flexibility index (Phi) is 3.41. The van der Waals surface area contributed by atoms with Gasteiger partial charge in [-0.3, -0.25) is 4.79 Å². The van der Waals surface area contributed by atoms with Crippen molar-refractivity contribution in [1.29, 1.82) is 0 Å². The monoisotopic (exact) mass is 191 g/mol. The molecule has 0 bridgehead atoms. The van der Waals surface area contributed by atoms with Crippen LogP contribution in [-0.2, 0) is 4.79 Å². The van der Waals surface area contributed by atoms with Gasteiger partial charge < -0.3 is 0 Å². The summed E-state index contributed by atoms with van der Waals surface area (Å²) in [5.41, 5.74) is 8.87. The number of nitrogens with zero attached hydrogens (tertiary/aromatic N) is 3. The fourth-order valence-corrected chi connectivity index (χ4v) is 0.921. The van der Waals surface area contributed by atoms with Gasteiger partial charge in [-0.25, -0.2) is 4.39 Å². The van der Waals surface area contributed by atoms with E-state index in [-0.39, 0.29) is 11.5 Å². The van der Waals surface area contributed by atoms with E-state index in [0.29, 0.717) is 11.8 Å². The SMILES string of the molecule is [N-]=[N+]=N/C(=C\C=O)c1ccc(F)cc1. The van der Waals surface area contributed by atoms with Crippen molar-refractivity contribution in [1.82, 2.24) is 0 Å². The zero-order chi connectivity index (χ0) is 10.4. The fourth-order valence-electron chi connectivity index (χ4n) is 0.921. The molecular formula is C9H6FN3O. The molecule has 0 aliphatic carbocycles. The molecule has 0 atom stereocenters. The molecule has 1 rings (SSSR count). The maximum atomic E-state index is 12.5. The highest BCUT2D eigenvalue weighted by Gasteiger charge is 1.98. The quantitative estimate of drug-likeness (QED) is 0.238. The van der Waals surface area contributed by atoms with Crippen LogP contribution in [0.25, 0.3) is 16.1 Å². The third-order valence-corrected chi connectivity index (χ3v) is 1.52. The molecule has 5 heteroatoms. The molecule has 0 spiro atoms. The summed E-state index contributed by atoms with van der Waals surface area (Å²) < 4.78 is 12.5. The van der Waals surface area contributed by atoms with Crippen molar-refractivity contribution in [3.05, 3.63) is 52.2 Å². The number of allylic oxidation sites excluding steroid dienone is 1. The van der Waals surface area contributed by atoms with Crippen LogP contribution in [0.5, 0.6) is 0 Å². The van der Waals surface area contributed by atoms with E-state index < -0.39 is 0 Å². The largest absolute Gasteiger partial charge is 0.299 e. The molecule has 1 aromatic rings. The molecule has 4 nitrogen and oxygen atoms in total. The van der Waals surface area contributed by atoms with Crippen LogP contribution >= 0.6 is 0 Å². The molecule has 0 saturated heterocycles. The van der Waals surface area contributed by atoms with Crippen LogP contribution in [0.2, 0.25) is 0 Å². The topological polar surface area (TPSA) is 65.8 Å². The predicted molar refractivity (Wildman–Crippen MR) is 49.6 cm³/mol. The Bertz CT molecular complexity index is 405. The van der Waals surface area contributed by atoms with Gasteiger partial charge in [0.1, 0.15) is 12.1 Å². The average Bonchev–Trinajstić information content (AvgIpc) is 2.19. The molecule has 0 unspecified atom stereocenters. The fraction of sp³-hybridized carbons (Fsp3) is 0. The van der Waals surface area contributed by atoms with Crippen LogP contribution in [0.1, 0.15) is 5.56 Å². The minimum absolute atomic E-state index is 0.169. The zero-order valence-electron chi connectivity index (χ0n) is 7.09. The summed E-state index contributed by atoms with van der Waals surface area (Å²) in [6, 6.07) is 5.31. The number of hydrogen-bond acceptors (Lipinski definition) is 2. The maximum Gasteiger partial charge on any atom is 0.143 e. The molecule has 0 fully saturated rings. The van der Waals surface area contributed by atoms with E-state index in [1.165, 1.54) is 24.3 Å². The van der Waals surface area contributed by atoms with Gasteiger partial charge in [0.15, 0.2) is 0 Å². The van der Waals surface area contributed by atoms with Gasteiger partial charge in [0.25, 0.3) is 0 Å². The Labute approximate surface area is 79.3 Å². The molecule has 0 heterocycles. The first kappa shape index (κ1) is 9.95. The van der Waals surface area contributed by atoms with Gasteiger partial charge in [-0.05, 0) is 29.3 Å². The van der Waals surface area contributed by atoms with Crippen LogP contribution < -0.4 is 0 Å². The normalized spacial score (nSPS) is 10.5. The van der Waals surface area contributed by atoms with Crippen molar-refractivity contribution in [3.63, 3.8) is 0 Å². The van der Waals surface area contributed by atoms with E-state index in [4.69, 9.17) is 5.53 Å². The molecule has 0 saturated carbocycles. The van der Waals surface area contributed by atoms with E-state index >= 15 is 0 Å². The van der Waals surface area contributed by atoms with Crippen molar-refractivity contribution in [2.45, 2.75) is 0 Å². The summed E-state index contributed by atoms with van der Waals surface area (Å²) in [7, 11) is 0. The van der Waals surface area contributed by atoms with Gasteiger partial charge in [-0.1, -0.05) is 17.2 Å². The smallest absolute Gasteiger partial charge is 0.143 e. The Morgan fingerprint density at radius 1 is 1.43 bits per heavy atom. The van der Waals surface area contributed by atoms with Gasteiger partial charge in [-0.15, -0.1) is 0 Å². The molecule has 14 heavy (non-hydrogen) atoms. The average molecular weight is 191 g/mol. The Hall–Kier alpha value is -2.13. The van der Waals surface area contributed by atoms with Crippen LogP contribution in [0.15, 0.2) is 35.5 Å². The highest BCUT2D eigenvalue weighted by molar-refractivity contribution is 5.80. The Balaban J connectivity index is 3.12. The molecule has 0 radical (unpaired) electrons. The van der Waals surface area contributed by atoms with Gasteiger partial charge in [-0.2, -0.15) is 0 Å². The summed E-state index contributed by atoms with van der Waals surface area (Å²) in [6.07, 6.45) is 1.63. The molecular weight excluding hydrogens is 185 g/mol. The molecule has 0 N–H and O–H groups in total. The summed E-state index contributed by atoms with van der Waals surface area (Å²) in [5, 5.41) is 3.30. The molecule has 0 aliphatic rings. The number of carbonyl (C=O) groups excluding carboxylic acids is 1. The standard InChI is InChI=1S/C9H6FN3O/c10-8-3-1-7(2-4-8)9(5-6-14)12-13-11/h1-6H/b9-5-. The molecule has 0 aliphatic heterocycles. The van der Waals surface area contributed by atoms with Crippen LogP contribution in [-0.4, -0.2) is 6.29 Å². The number of aldehydes is 1. The summed E-state index contributed by atoms with van der Waals surface area (Å²) in [4.78, 5) is 12.8. The van der Waals surface area contributed by atoms with E-state index in [9.17, 15) is 9.18 Å². The summed E-state index contributed by atoms with van der Waals surface area (Å²) in [6.45, 7) is 0. The number of hydrogen-bond donors (Lipinski definition) is 0. The van der Waals surface area contributed by atoms with Crippen LogP contribution in [0.3, 0.4) is 0 Å². The number of halogens is 1. The molecule has 0 aromatic heterocycles.